The molecule has 2 aliphatic heterocycles. The molecule has 2 aliphatic rings. The third kappa shape index (κ3) is 4.32. The van der Waals surface area contributed by atoms with Gasteiger partial charge in [0.2, 0.25) is 5.16 Å². The second-order valence-corrected chi connectivity index (χ2v) is 10.0. The minimum absolute atomic E-state index is 0.0568. The molecule has 2 saturated heterocycles. The number of nitrogens with two attached hydrogens (primary N) is 1. The number of piperidine rings is 1. The first-order chi connectivity index (χ1) is 16.0. The van der Waals surface area contributed by atoms with Crippen LogP contribution in [-0.4, -0.2) is 62.0 Å². The number of rotatable bonds is 5. The van der Waals surface area contributed by atoms with E-state index in [1.807, 2.05) is 42.1 Å². The SMILES string of the molecule is CCn1ccc(-c2cccc(Sc3nnc(N4CCC5(CC4)CO[C@@H](C)[C@H]5N)nn3)c2Cl)n1. The average molecular weight is 487 g/mol. The number of hydrogen-bond donors (Lipinski definition) is 1. The van der Waals surface area contributed by atoms with E-state index < -0.39 is 0 Å². The summed E-state index contributed by atoms with van der Waals surface area (Å²) >= 11 is 8.03. The molecule has 174 valence electrons. The van der Waals surface area contributed by atoms with Gasteiger partial charge in [-0.2, -0.15) is 5.10 Å². The molecule has 4 heterocycles. The van der Waals surface area contributed by atoms with Crippen LogP contribution in [0, 0.1) is 5.41 Å². The molecule has 0 unspecified atom stereocenters. The molecule has 2 fully saturated rings. The minimum atomic E-state index is 0.0568. The lowest BCUT2D eigenvalue weighted by Crippen LogP contribution is -2.51. The molecule has 0 saturated carbocycles. The van der Waals surface area contributed by atoms with Crippen molar-refractivity contribution in [2.45, 2.75) is 55.4 Å². The monoisotopic (exact) mass is 486 g/mol. The molecule has 2 atom stereocenters. The molecule has 0 aliphatic carbocycles. The van der Waals surface area contributed by atoms with Crippen LogP contribution in [0.3, 0.4) is 0 Å². The van der Waals surface area contributed by atoms with E-state index in [9.17, 15) is 0 Å². The van der Waals surface area contributed by atoms with Gasteiger partial charge in [-0.25, -0.2) is 0 Å². The van der Waals surface area contributed by atoms with Crippen LogP contribution in [0.15, 0.2) is 40.5 Å². The van der Waals surface area contributed by atoms with Crippen LogP contribution in [0.5, 0.6) is 0 Å². The van der Waals surface area contributed by atoms with E-state index in [4.69, 9.17) is 22.1 Å². The topological polar surface area (TPSA) is 108 Å². The van der Waals surface area contributed by atoms with E-state index in [-0.39, 0.29) is 17.6 Å². The molecule has 33 heavy (non-hydrogen) atoms. The van der Waals surface area contributed by atoms with Gasteiger partial charge in [-0.15, -0.1) is 20.4 Å². The van der Waals surface area contributed by atoms with Crippen LogP contribution in [0.1, 0.15) is 26.7 Å². The third-order valence-electron chi connectivity index (χ3n) is 6.74. The van der Waals surface area contributed by atoms with Gasteiger partial charge in [0.15, 0.2) is 0 Å². The van der Waals surface area contributed by atoms with Gasteiger partial charge in [0.1, 0.15) is 0 Å². The Morgan fingerprint density at radius 3 is 2.58 bits per heavy atom. The summed E-state index contributed by atoms with van der Waals surface area (Å²) in [5.74, 6) is 0.541. The van der Waals surface area contributed by atoms with E-state index in [0.29, 0.717) is 16.1 Å². The van der Waals surface area contributed by atoms with Crippen molar-refractivity contribution in [3.63, 3.8) is 0 Å². The molecule has 0 amide bonds. The molecule has 1 aromatic carbocycles. The van der Waals surface area contributed by atoms with E-state index in [2.05, 4.69) is 37.3 Å². The molecule has 9 nitrogen and oxygen atoms in total. The summed E-state index contributed by atoms with van der Waals surface area (Å²) in [5, 5.41) is 22.9. The summed E-state index contributed by atoms with van der Waals surface area (Å²) in [4.78, 5) is 2.95. The maximum atomic E-state index is 6.68. The Hall–Kier alpha value is -2.27. The first-order valence-corrected chi connectivity index (χ1v) is 12.4. The zero-order chi connectivity index (χ0) is 23.0. The van der Waals surface area contributed by atoms with Gasteiger partial charge in [0, 0.05) is 47.7 Å². The van der Waals surface area contributed by atoms with Crippen LogP contribution >= 0.6 is 23.4 Å². The first kappa shape index (κ1) is 22.5. The minimum Gasteiger partial charge on any atom is -0.376 e. The zero-order valence-corrected chi connectivity index (χ0v) is 20.3. The van der Waals surface area contributed by atoms with E-state index in [1.165, 1.54) is 11.8 Å². The number of aryl methyl sites for hydroxylation is 1. The lowest BCUT2D eigenvalue weighted by Gasteiger charge is -2.40. The number of benzene rings is 1. The predicted octanol–water partition coefficient (Wildman–Crippen LogP) is 3.29. The summed E-state index contributed by atoms with van der Waals surface area (Å²) in [6.07, 6.45) is 3.96. The van der Waals surface area contributed by atoms with Gasteiger partial charge in [-0.05, 0) is 50.6 Å². The van der Waals surface area contributed by atoms with Crippen LogP contribution in [0.25, 0.3) is 11.3 Å². The highest BCUT2D eigenvalue weighted by Crippen LogP contribution is 2.41. The van der Waals surface area contributed by atoms with E-state index >= 15 is 0 Å². The fraction of sp³-hybridized carbons (Fsp3) is 0.500. The quantitative estimate of drug-likeness (QED) is 0.581. The number of hydrogen-bond acceptors (Lipinski definition) is 9. The highest BCUT2D eigenvalue weighted by Gasteiger charge is 2.47. The van der Waals surface area contributed by atoms with Gasteiger partial charge >= 0.3 is 0 Å². The van der Waals surface area contributed by atoms with Crippen molar-refractivity contribution in [1.29, 1.82) is 0 Å². The molecule has 3 aromatic rings. The summed E-state index contributed by atoms with van der Waals surface area (Å²) in [6.45, 7) is 7.27. The summed E-state index contributed by atoms with van der Waals surface area (Å²) < 4.78 is 7.68. The second kappa shape index (κ2) is 9.17. The van der Waals surface area contributed by atoms with Gasteiger partial charge in [-0.3, -0.25) is 4.68 Å². The largest absolute Gasteiger partial charge is 0.376 e. The Kier molecular flexibility index (Phi) is 6.26. The predicted molar refractivity (Wildman–Crippen MR) is 127 cm³/mol. The van der Waals surface area contributed by atoms with Crippen LogP contribution < -0.4 is 10.6 Å². The van der Waals surface area contributed by atoms with Gasteiger partial charge in [0.25, 0.3) is 5.95 Å². The standard InChI is InChI=1S/C22H27ClN8OS/c1-3-31-10-7-16(29-31)15-5-4-6-17(18(15)23)33-21-27-25-20(26-28-21)30-11-8-22(9-12-30)13-32-14(2)19(22)24/h4-7,10,14,19H,3,8-9,11-13,24H2,1-2H3/t14-,19+/m0/s1. The number of ether oxygens (including phenoxy) is 1. The normalized spacial score (nSPS) is 22.2. The Morgan fingerprint density at radius 1 is 1.18 bits per heavy atom. The average Bonchev–Trinajstić information content (AvgIpc) is 3.43. The number of aromatic nitrogens is 6. The van der Waals surface area contributed by atoms with Crippen molar-refractivity contribution < 1.29 is 4.74 Å². The molecule has 0 bridgehead atoms. The molecular formula is C22H27ClN8OS. The molecule has 0 radical (unpaired) electrons. The van der Waals surface area contributed by atoms with Gasteiger partial charge < -0.3 is 15.4 Å². The Morgan fingerprint density at radius 2 is 1.94 bits per heavy atom. The van der Waals surface area contributed by atoms with E-state index in [0.717, 1.165) is 55.2 Å². The fourth-order valence-electron chi connectivity index (χ4n) is 4.57. The maximum Gasteiger partial charge on any atom is 0.264 e. The van der Waals surface area contributed by atoms with Crippen molar-refractivity contribution in [3.05, 3.63) is 35.5 Å². The maximum absolute atomic E-state index is 6.68. The molecule has 11 heteroatoms. The Bertz CT molecular complexity index is 1120. The fourth-order valence-corrected chi connectivity index (χ4v) is 5.62. The lowest BCUT2D eigenvalue weighted by molar-refractivity contribution is 0.0973. The van der Waals surface area contributed by atoms with Crippen molar-refractivity contribution in [2.24, 2.45) is 11.1 Å². The second-order valence-electron chi connectivity index (χ2n) is 8.65. The zero-order valence-electron chi connectivity index (χ0n) is 18.7. The molecule has 5 rings (SSSR count). The summed E-state index contributed by atoms with van der Waals surface area (Å²) in [5.41, 5.74) is 8.18. The smallest absolute Gasteiger partial charge is 0.264 e. The summed E-state index contributed by atoms with van der Waals surface area (Å²) in [7, 11) is 0. The molecule has 1 spiro atoms. The molecular weight excluding hydrogens is 460 g/mol. The highest BCUT2D eigenvalue weighted by atomic mass is 35.5. The van der Waals surface area contributed by atoms with Crippen molar-refractivity contribution in [2.75, 3.05) is 24.6 Å². The summed E-state index contributed by atoms with van der Waals surface area (Å²) in [6, 6.07) is 7.88. The Balaban J connectivity index is 1.26. The molecule has 2 N–H and O–H groups in total. The lowest BCUT2D eigenvalue weighted by atomic mass is 9.73. The van der Waals surface area contributed by atoms with E-state index in [1.54, 1.807) is 0 Å². The van der Waals surface area contributed by atoms with Crippen molar-refractivity contribution in [1.82, 2.24) is 30.2 Å². The van der Waals surface area contributed by atoms with Crippen LogP contribution in [-0.2, 0) is 11.3 Å². The number of anilines is 1. The van der Waals surface area contributed by atoms with Gasteiger partial charge in [-0.1, -0.05) is 23.7 Å². The number of nitrogens with zero attached hydrogens (tertiary/aromatic N) is 7. The van der Waals surface area contributed by atoms with Crippen molar-refractivity contribution >= 4 is 29.3 Å². The molecule has 2 aromatic heterocycles. The first-order valence-electron chi connectivity index (χ1n) is 11.2. The van der Waals surface area contributed by atoms with Crippen molar-refractivity contribution in [3.8, 4) is 11.3 Å². The van der Waals surface area contributed by atoms with Crippen LogP contribution in [0.2, 0.25) is 5.02 Å². The number of halogens is 1. The highest BCUT2D eigenvalue weighted by molar-refractivity contribution is 7.99. The Labute approximate surface area is 202 Å². The van der Waals surface area contributed by atoms with Crippen LogP contribution in [0.4, 0.5) is 5.95 Å². The third-order valence-corrected chi connectivity index (χ3v) is 8.17. The van der Waals surface area contributed by atoms with Gasteiger partial charge in [0.05, 0.1) is 23.4 Å².